The molecule has 372 valence electrons. The van der Waals surface area contributed by atoms with E-state index in [9.17, 15) is 24.0 Å². The van der Waals surface area contributed by atoms with Crippen molar-refractivity contribution in [2.45, 2.75) is 102 Å². The molecule has 17 heteroatoms. The van der Waals surface area contributed by atoms with Gasteiger partial charge in [0.05, 0.1) is 44.7 Å². The average Bonchev–Trinajstić information content (AvgIpc) is 3.62. The van der Waals surface area contributed by atoms with Crippen LogP contribution in [0.15, 0.2) is 140 Å². The number of fused-ring (bicyclic) bond motifs is 1. The van der Waals surface area contributed by atoms with Crippen LogP contribution in [0.4, 0.5) is 0 Å². The first-order valence-electron chi connectivity index (χ1n) is 23.1. The molecule has 0 saturated carbocycles. The minimum atomic E-state index is -1.75. The first-order valence-corrected chi connectivity index (χ1v) is 23.1. The van der Waals surface area contributed by atoms with Gasteiger partial charge in [0.25, 0.3) is 11.8 Å². The van der Waals surface area contributed by atoms with E-state index < -0.39 is 97.7 Å². The van der Waals surface area contributed by atoms with Gasteiger partial charge in [-0.05, 0) is 53.1 Å². The van der Waals surface area contributed by atoms with Gasteiger partial charge in [0.2, 0.25) is 6.29 Å². The van der Waals surface area contributed by atoms with Gasteiger partial charge in [0.15, 0.2) is 18.5 Å². The van der Waals surface area contributed by atoms with E-state index in [1.165, 1.54) is 19.1 Å². The lowest BCUT2D eigenvalue weighted by Crippen LogP contribution is -2.70. The number of benzene rings is 5. The van der Waals surface area contributed by atoms with Crippen LogP contribution in [0.2, 0.25) is 0 Å². The summed E-state index contributed by atoms with van der Waals surface area (Å²) in [7, 11) is 1.55. The number of esters is 3. The minimum absolute atomic E-state index is 0.00477. The molecular weight excluding hydrogens is 919 g/mol. The van der Waals surface area contributed by atoms with Gasteiger partial charge in [-0.15, -0.1) is 0 Å². The molecule has 5 aromatic carbocycles. The summed E-state index contributed by atoms with van der Waals surface area (Å²) in [5, 5.41) is 0. The van der Waals surface area contributed by atoms with Gasteiger partial charge in [-0.25, -0.2) is 0 Å². The van der Waals surface area contributed by atoms with E-state index in [1.54, 1.807) is 43.5 Å². The van der Waals surface area contributed by atoms with Crippen LogP contribution in [0.3, 0.4) is 0 Å². The topological polar surface area (TPSA) is 190 Å². The van der Waals surface area contributed by atoms with Gasteiger partial charge in [0, 0.05) is 20.8 Å². The second kappa shape index (κ2) is 23.7. The van der Waals surface area contributed by atoms with E-state index >= 15 is 0 Å². The highest BCUT2D eigenvalue weighted by Gasteiger charge is 2.60. The van der Waals surface area contributed by atoms with Crippen molar-refractivity contribution in [1.82, 2.24) is 4.90 Å². The van der Waals surface area contributed by atoms with Crippen LogP contribution in [0.25, 0.3) is 0 Å². The van der Waals surface area contributed by atoms with E-state index in [1.807, 2.05) is 91.0 Å². The van der Waals surface area contributed by atoms with Crippen molar-refractivity contribution in [1.29, 1.82) is 0 Å². The van der Waals surface area contributed by atoms with Gasteiger partial charge in [-0.1, -0.05) is 103 Å². The summed E-state index contributed by atoms with van der Waals surface area (Å²) in [6.45, 7) is 3.05. The monoisotopic (exact) mass is 973 g/mol. The minimum Gasteiger partial charge on any atom is -0.497 e. The zero-order valence-electron chi connectivity index (χ0n) is 39.6. The molecule has 0 bridgehead atoms. The van der Waals surface area contributed by atoms with Gasteiger partial charge >= 0.3 is 17.9 Å². The predicted octanol–water partition coefficient (Wildman–Crippen LogP) is 6.39. The maximum Gasteiger partial charge on any atom is 0.303 e. The van der Waals surface area contributed by atoms with E-state index in [-0.39, 0.29) is 37.6 Å². The molecule has 0 N–H and O–H groups in total. The summed E-state index contributed by atoms with van der Waals surface area (Å²) < 4.78 is 70.2. The maximum atomic E-state index is 14.6. The van der Waals surface area contributed by atoms with Crippen molar-refractivity contribution >= 4 is 29.7 Å². The summed E-state index contributed by atoms with van der Waals surface area (Å²) in [5.41, 5.74) is 2.60. The Kier molecular flexibility index (Phi) is 16.9. The van der Waals surface area contributed by atoms with Crippen molar-refractivity contribution in [3.63, 3.8) is 0 Å². The second-order valence-electron chi connectivity index (χ2n) is 17.0. The third-order valence-electron chi connectivity index (χ3n) is 12.0. The molecule has 0 aliphatic carbocycles. The van der Waals surface area contributed by atoms with E-state index in [0.29, 0.717) is 11.5 Å². The van der Waals surface area contributed by atoms with Crippen LogP contribution in [-0.2, 0) is 76.8 Å². The molecule has 3 heterocycles. The molecule has 2 saturated heterocycles. The molecule has 0 radical (unpaired) electrons. The highest BCUT2D eigenvalue weighted by molar-refractivity contribution is 6.21. The third kappa shape index (κ3) is 12.5. The molecular formula is C54H55NO16. The van der Waals surface area contributed by atoms with Crippen LogP contribution in [0.5, 0.6) is 11.5 Å². The lowest BCUT2D eigenvalue weighted by Gasteiger charge is -2.51. The van der Waals surface area contributed by atoms with E-state index in [2.05, 4.69) is 0 Å². The molecule has 0 spiro atoms. The summed E-state index contributed by atoms with van der Waals surface area (Å²) in [5.74, 6) is -2.97. The molecule has 8 rings (SSSR count). The summed E-state index contributed by atoms with van der Waals surface area (Å²) in [6.07, 6.45) is -12.3. The molecule has 2 amide bonds. The Hall–Kier alpha value is -6.99. The fourth-order valence-corrected chi connectivity index (χ4v) is 8.73. The fraction of sp³-hybridized carbons (Fsp3) is 0.352. The number of methoxy groups -OCH3 is 1. The number of hydrogen-bond acceptors (Lipinski definition) is 16. The zero-order chi connectivity index (χ0) is 49.9. The van der Waals surface area contributed by atoms with Gasteiger partial charge < -0.3 is 52.1 Å². The van der Waals surface area contributed by atoms with Crippen LogP contribution in [-0.4, -0.2) is 116 Å². The Labute approximate surface area is 410 Å². The van der Waals surface area contributed by atoms with Crippen molar-refractivity contribution in [3.05, 3.63) is 167 Å². The Balaban J connectivity index is 1.28. The molecule has 71 heavy (non-hydrogen) atoms. The average molecular weight is 974 g/mol. The quantitative estimate of drug-likeness (QED) is 0.0474. The fourth-order valence-electron chi connectivity index (χ4n) is 8.73. The normalized spacial score (nSPS) is 24.9. The van der Waals surface area contributed by atoms with Crippen molar-refractivity contribution in [2.75, 3.05) is 20.3 Å². The largest absolute Gasteiger partial charge is 0.497 e. The van der Waals surface area contributed by atoms with Crippen LogP contribution >= 0.6 is 0 Å². The standard InChI is InChI=1S/C54H55NO16/c1-33(56)63-32-44-47(66-34(2)57)48(67-35(3)58)45(55-51(59)41-22-14-15-23-42(41)52(55)60)53(69-44)71-49-46(64-29-37-18-10-6-11-19-37)43(31-62-28-36-16-8-5-9-17-36)70-54(68-40-26-24-39(61-4)25-27-40)50(49)65-30-38-20-12-7-13-21-38/h5-27,43-50,53-54H,28-32H2,1-4H3/t43-,44-,45-,46+,47-,48-,49+,50-,53+,54-/m1/s1. The first-order chi connectivity index (χ1) is 34.5. The third-order valence-corrected chi connectivity index (χ3v) is 12.0. The van der Waals surface area contributed by atoms with Crippen molar-refractivity contribution in [2.24, 2.45) is 0 Å². The number of hydrogen-bond donors (Lipinski definition) is 0. The number of amides is 2. The molecule has 10 atom stereocenters. The highest BCUT2D eigenvalue weighted by Crippen LogP contribution is 2.39. The van der Waals surface area contributed by atoms with Crippen LogP contribution in [0.1, 0.15) is 58.2 Å². The molecule has 3 aliphatic heterocycles. The summed E-state index contributed by atoms with van der Waals surface area (Å²) in [4.78, 5) is 68.5. The van der Waals surface area contributed by atoms with Crippen LogP contribution in [0, 0.1) is 0 Å². The number of rotatable bonds is 20. The first kappa shape index (κ1) is 50.4. The summed E-state index contributed by atoms with van der Waals surface area (Å²) in [6, 6.07) is 39.7. The molecule has 0 aromatic heterocycles. The maximum absolute atomic E-state index is 14.6. The molecule has 0 unspecified atom stereocenters. The second-order valence-corrected chi connectivity index (χ2v) is 17.0. The van der Waals surface area contributed by atoms with Crippen molar-refractivity contribution < 1.29 is 76.1 Å². The molecule has 3 aliphatic rings. The Morgan fingerprint density at radius 3 is 1.52 bits per heavy atom. The Morgan fingerprint density at radius 1 is 0.507 bits per heavy atom. The van der Waals surface area contributed by atoms with Crippen LogP contribution < -0.4 is 9.47 Å². The number of carbonyl (C=O) groups is 5. The van der Waals surface area contributed by atoms with Gasteiger partial charge in [-0.2, -0.15) is 0 Å². The Morgan fingerprint density at radius 2 is 0.986 bits per heavy atom. The zero-order valence-corrected chi connectivity index (χ0v) is 39.6. The lowest BCUT2D eigenvalue weighted by molar-refractivity contribution is -0.354. The Bertz CT molecular complexity index is 2550. The molecule has 17 nitrogen and oxygen atoms in total. The smallest absolute Gasteiger partial charge is 0.303 e. The lowest BCUT2D eigenvalue weighted by atomic mass is 9.93. The van der Waals surface area contributed by atoms with Gasteiger partial charge in [0.1, 0.15) is 54.7 Å². The summed E-state index contributed by atoms with van der Waals surface area (Å²) >= 11 is 0. The van der Waals surface area contributed by atoms with E-state index in [4.69, 9.17) is 52.1 Å². The number of imide groups is 1. The van der Waals surface area contributed by atoms with Gasteiger partial charge in [-0.3, -0.25) is 28.9 Å². The van der Waals surface area contributed by atoms with Crippen molar-refractivity contribution in [3.8, 4) is 11.5 Å². The number of carbonyl (C=O) groups excluding carboxylic acids is 5. The van der Waals surface area contributed by atoms with E-state index in [0.717, 1.165) is 35.4 Å². The number of ether oxygens (including phenoxy) is 11. The number of nitrogens with zero attached hydrogens (tertiary/aromatic N) is 1. The molecule has 2 fully saturated rings. The predicted molar refractivity (Wildman–Crippen MR) is 250 cm³/mol. The SMILES string of the molecule is COc1ccc(O[C@@H]2O[C@H](COCc3ccccc3)[C@H](OCc3ccccc3)[C@H](O[C@@H]3O[C@H](COC(C)=O)[C@@H](OC(C)=O)[C@H](OC(C)=O)[C@H]3N3C(=O)c4ccccc4C3=O)[C@H]2OCc2ccccc2)cc1. The molecule has 5 aromatic rings. The highest BCUT2D eigenvalue weighted by atomic mass is 16.8.